The van der Waals surface area contributed by atoms with E-state index in [1.807, 2.05) is 4.72 Å². The van der Waals surface area contributed by atoms with Crippen LogP contribution in [0.4, 0.5) is 13.2 Å². The van der Waals surface area contributed by atoms with Gasteiger partial charge in [0.25, 0.3) is 0 Å². The zero-order valence-corrected chi connectivity index (χ0v) is 9.06. The highest BCUT2D eigenvalue weighted by atomic mass is 32.2. The Morgan fingerprint density at radius 3 is 2.56 bits per heavy atom. The van der Waals surface area contributed by atoms with Crippen LogP contribution in [0.15, 0.2) is 23.4 Å². The van der Waals surface area contributed by atoms with E-state index in [0.29, 0.717) is 12.3 Å². The Labute approximate surface area is 90.6 Å². The first-order valence-electron chi connectivity index (χ1n) is 4.30. The number of hydrogen-bond donors (Lipinski definition) is 1. The van der Waals surface area contributed by atoms with E-state index >= 15 is 0 Å². The molecule has 1 N–H and O–H groups in total. The molecule has 0 spiro atoms. The molecule has 8 heteroatoms. The topological polar surface area (TPSA) is 59.1 Å². The van der Waals surface area contributed by atoms with Gasteiger partial charge in [-0.15, -0.1) is 0 Å². The van der Waals surface area contributed by atoms with E-state index in [2.05, 4.69) is 4.98 Å². The van der Waals surface area contributed by atoms with E-state index in [-0.39, 0.29) is 6.54 Å². The van der Waals surface area contributed by atoms with Gasteiger partial charge in [-0.05, 0) is 6.07 Å². The van der Waals surface area contributed by atoms with Crippen LogP contribution in [0.1, 0.15) is 12.5 Å². The molecule has 1 aromatic heterocycles. The molecule has 16 heavy (non-hydrogen) atoms. The van der Waals surface area contributed by atoms with Crippen molar-refractivity contribution in [3.05, 3.63) is 24.0 Å². The van der Waals surface area contributed by atoms with Gasteiger partial charge in [0.15, 0.2) is 0 Å². The molecule has 0 aliphatic heterocycles. The van der Waals surface area contributed by atoms with Crippen molar-refractivity contribution in [3.63, 3.8) is 0 Å². The predicted octanol–water partition coefficient (Wildman–Crippen LogP) is 1.40. The highest BCUT2D eigenvalue weighted by molar-refractivity contribution is 7.89. The lowest BCUT2D eigenvalue weighted by atomic mass is 10.3. The lowest BCUT2D eigenvalue weighted by molar-refractivity contribution is -0.140. The van der Waals surface area contributed by atoms with Crippen LogP contribution in [0.2, 0.25) is 0 Å². The fourth-order valence-electron chi connectivity index (χ4n) is 1.10. The molecule has 90 valence electrons. The average Bonchev–Trinajstić information content (AvgIpc) is 2.16. The molecule has 0 bridgehead atoms. The predicted molar refractivity (Wildman–Crippen MR) is 50.1 cm³/mol. The molecule has 4 nitrogen and oxygen atoms in total. The summed E-state index contributed by atoms with van der Waals surface area (Å²) in [5.74, 6) is 0. The molecule has 0 aliphatic rings. The van der Waals surface area contributed by atoms with Gasteiger partial charge in [-0.1, -0.05) is 6.92 Å². The van der Waals surface area contributed by atoms with Crippen molar-refractivity contribution < 1.29 is 21.6 Å². The normalized spacial score (nSPS) is 12.8. The van der Waals surface area contributed by atoms with Crippen LogP contribution < -0.4 is 4.72 Å². The molecule has 0 fully saturated rings. The van der Waals surface area contributed by atoms with Gasteiger partial charge < -0.3 is 0 Å². The minimum atomic E-state index is -4.72. The highest BCUT2D eigenvalue weighted by Crippen LogP contribution is 2.33. The van der Waals surface area contributed by atoms with E-state index in [4.69, 9.17) is 0 Å². The van der Waals surface area contributed by atoms with Crippen molar-refractivity contribution in [1.29, 1.82) is 0 Å². The maximum Gasteiger partial charge on any atom is 0.417 e. The fourth-order valence-corrected chi connectivity index (χ4v) is 2.30. The zero-order chi connectivity index (χ0) is 12.4. The van der Waals surface area contributed by atoms with E-state index in [0.717, 1.165) is 6.20 Å². The van der Waals surface area contributed by atoms with Crippen molar-refractivity contribution in [1.82, 2.24) is 9.71 Å². The molecule has 0 atom stereocenters. The maximum absolute atomic E-state index is 12.5. The van der Waals surface area contributed by atoms with Gasteiger partial charge in [0.05, 0.1) is 5.56 Å². The van der Waals surface area contributed by atoms with Crippen LogP contribution >= 0.6 is 0 Å². The third-order valence-electron chi connectivity index (χ3n) is 1.71. The molecule has 1 aromatic rings. The average molecular weight is 254 g/mol. The van der Waals surface area contributed by atoms with E-state index in [1.165, 1.54) is 6.92 Å². The smallest absolute Gasteiger partial charge is 0.263 e. The van der Waals surface area contributed by atoms with Gasteiger partial charge in [0.2, 0.25) is 10.0 Å². The molecule has 1 rings (SSSR count). The summed E-state index contributed by atoms with van der Waals surface area (Å²) >= 11 is 0. The lowest BCUT2D eigenvalue weighted by Gasteiger charge is -2.12. The largest absolute Gasteiger partial charge is 0.417 e. The van der Waals surface area contributed by atoms with Crippen LogP contribution in [0, 0.1) is 0 Å². The van der Waals surface area contributed by atoms with Gasteiger partial charge in [0, 0.05) is 18.9 Å². The number of sulfonamides is 1. The second-order valence-electron chi connectivity index (χ2n) is 2.87. The molecule has 0 unspecified atom stereocenters. The van der Waals surface area contributed by atoms with Crippen LogP contribution in [0.5, 0.6) is 0 Å². The van der Waals surface area contributed by atoms with Gasteiger partial charge in [-0.25, -0.2) is 13.1 Å². The maximum atomic E-state index is 12.5. The number of pyridine rings is 1. The number of aromatic nitrogens is 1. The Morgan fingerprint density at radius 1 is 1.44 bits per heavy atom. The van der Waals surface area contributed by atoms with Gasteiger partial charge in [-0.3, -0.25) is 4.98 Å². The molecule has 1 heterocycles. The SMILES string of the molecule is CCNS(=O)(=O)c1cnccc1C(F)(F)F. The van der Waals surface area contributed by atoms with Crippen molar-refractivity contribution in [2.45, 2.75) is 18.0 Å². The molecule has 0 saturated heterocycles. The Kier molecular flexibility index (Phi) is 3.54. The molecule has 0 aromatic carbocycles. The lowest BCUT2D eigenvalue weighted by Crippen LogP contribution is -2.26. The third kappa shape index (κ3) is 2.70. The van der Waals surface area contributed by atoms with E-state index < -0.39 is 26.7 Å². The molecule has 0 saturated carbocycles. The summed E-state index contributed by atoms with van der Waals surface area (Å²) in [6, 6.07) is 0.629. The fraction of sp³-hybridized carbons (Fsp3) is 0.375. The summed E-state index contributed by atoms with van der Waals surface area (Å²) in [4.78, 5) is 2.53. The number of halogens is 3. The standard InChI is InChI=1S/C8H9F3N2O2S/c1-2-13-16(14,15)7-5-12-4-3-6(7)8(9,10)11/h3-5,13H,2H2,1H3. The first-order chi connectivity index (χ1) is 7.29. The summed E-state index contributed by atoms with van der Waals surface area (Å²) in [5, 5.41) is 0. The first kappa shape index (κ1) is 12.9. The second-order valence-corrected chi connectivity index (χ2v) is 4.61. The molecular weight excluding hydrogens is 245 g/mol. The molecule has 0 amide bonds. The number of nitrogens with zero attached hydrogens (tertiary/aromatic N) is 1. The Balaban J connectivity index is 3.35. The van der Waals surface area contributed by atoms with Crippen LogP contribution in [0.3, 0.4) is 0 Å². The summed E-state index contributed by atoms with van der Waals surface area (Å²) in [6.07, 6.45) is -3.14. The number of nitrogens with one attached hydrogen (secondary N) is 1. The summed E-state index contributed by atoms with van der Waals surface area (Å²) in [5.41, 5.74) is -1.22. The summed E-state index contributed by atoms with van der Waals surface area (Å²) in [6.45, 7) is 1.48. The van der Waals surface area contributed by atoms with Crippen molar-refractivity contribution >= 4 is 10.0 Å². The quantitative estimate of drug-likeness (QED) is 0.887. The van der Waals surface area contributed by atoms with Crippen LogP contribution in [0.25, 0.3) is 0 Å². The second kappa shape index (κ2) is 4.38. The van der Waals surface area contributed by atoms with Crippen LogP contribution in [-0.4, -0.2) is 19.9 Å². The summed E-state index contributed by atoms with van der Waals surface area (Å²) in [7, 11) is -4.16. The van der Waals surface area contributed by atoms with E-state index in [1.54, 1.807) is 0 Å². The Bertz CT molecular complexity index is 470. The van der Waals surface area contributed by atoms with Crippen LogP contribution in [-0.2, 0) is 16.2 Å². The number of alkyl halides is 3. The Hall–Kier alpha value is -1.15. The minimum Gasteiger partial charge on any atom is -0.263 e. The number of rotatable bonds is 3. The zero-order valence-electron chi connectivity index (χ0n) is 8.25. The van der Waals surface area contributed by atoms with Crippen molar-refractivity contribution in [2.24, 2.45) is 0 Å². The first-order valence-corrected chi connectivity index (χ1v) is 5.78. The molecular formula is C8H9F3N2O2S. The Morgan fingerprint density at radius 2 is 2.06 bits per heavy atom. The summed E-state index contributed by atoms with van der Waals surface area (Å²) < 4.78 is 62.4. The molecule has 0 radical (unpaired) electrons. The minimum absolute atomic E-state index is 0.00846. The van der Waals surface area contributed by atoms with Gasteiger partial charge in [0.1, 0.15) is 4.90 Å². The van der Waals surface area contributed by atoms with Gasteiger partial charge >= 0.3 is 6.18 Å². The number of hydrogen-bond acceptors (Lipinski definition) is 3. The van der Waals surface area contributed by atoms with Crippen molar-refractivity contribution in [3.8, 4) is 0 Å². The third-order valence-corrected chi connectivity index (χ3v) is 3.29. The highest BCUT2D eigenvalue weighted by Gasteiger charge is 2.36. The molecule has 0 aliphatic carbocycles. The van der Waals surface area contributed by atoms with Gasteiger partial charge in [-0.2, -0.15) is 13.2 Å². The van der Waals surface area contributed by atoms with E-state index in [9.17, 15) is 21.6 Å². The van der Waals surface area contributed by atoms with Crippen molar-refractivity contribution in [2.75, 3.05) is 6.54 Å². The monoisotopic (exact) mass is 254 g/mol.